The molecule has 0 aliphatic carbocycles. The molecule has 1 N–H and O–H groups in total. The summed E-state index contributed by atoms with van der Waals surface area (Å²) < 4.78 is 0. The fraction of sp³-hybridized carbons (Fsp3) is 0.429. The molecule has 1 aliphatic heterocycles. The second-order valence-electron chi connectivity index (χ2n) is 3.18. The number of thiazole rings is 1. The van der Waals surface area contributed by atoms with Gasteiger partial charge in [-0.25, -0.2) is 4.98 Å². The van der Waals surface area contributed by atoms with E-state index in [1.807, 2.05) is 0 Å². The van der Waals surface area contributed by atoms with Crippen molar-refractivity contribution in [3.05, 3.63) is 16.3 Å². The minimum absolute atomic E-state index is 0.0243. The maximum absolute atomic E-state index is 10.5. The predicted molar refractivity (Wildman–Crippen MR) is 52.1 cm³/mol. The predicted octanol–water partition coefficient (Wildman–Crippen LogP) is 0.572. The lowest BCUT2D eigenvalue weighted by Crippen LogP contribution is -2.50. The van der Waals surface area contributed by atoms with Crippen molar-refractivity contribution >= 4 is 27.4 Å². The van der Waals surface area contributed by atoms with Crippen LogP contribution in [0, 0.1) is 16.0 Å². The molecule has 1 saturated heterocycles. The van der Waals surface area contributed by atoms with Crippen LogP contribution < -0.4 is 4.90 Å². The Balaban J connectivity index is 2.01. The van der Waals surface area contributed by atoms with Crippen LogP contribution in [0.4, 0.5) is 10.1 Å². The molecular formula is C7H7N3O4S. The Morgan fingerprint density at radius 1 is 1.73 bits per heavy atom. The van der Waals surface area contributed by atoms with E-state index in [0.717, 1.165) is 11.3 Å². The van der Waals surface area contributed by atoms with E-state index in [9.17, 15) is 14.9 Å². The van der Waals surface area contributed by atoms with Crippen LogP contribution in [0.5, 0.6) is 0 Å². The molecule has 80 valence electrons. The Hall–Kier alpha value is -1.70. The monoisotopic (exact) mass is 229 g/mol. The van der Waals surface area contributed by atoms with Crippen LogP contribution in [0.25, 0.3) is 0 Å². The lowest BCUT2D eigenvalue weighted by atomic mass is 10.0. The zero-order chi connectivity index (χ0) is 11.0. The number of carbonyl (C=O) groups is 1. The minimum Gasteiger partial charge on any atom is -0.481 e. The van der Waals surface area contributed by atoms with Gasteiger partial charge in [-0.2, -0.15) is 0 Å². The first-order valence-electron chi connectivity index (χ1n) is 4.16. The summed E-state index contributed by atoms with van der Waals surface area (Å²) in [5.74, 6) is -1.22. The van der Waals surface area contributed by atoms with Gasteiger partial charge in [0.25, 0.3) is 0 Å². The van der Waals surface area contributed by atoms with Gasteiger partial charge < -0.3 is 10.0 Å². The number of anilines is 1. The highest BCUT2D eigenvalue weighted by Crippen LogP contribution is 2.32. The lowest BCUT2D eigenvalue weighted by Gasteiger charge is -2.36. The van der Waals surface area contributed by atoms with Crippen molar-refractivity contribution in [3.8, 4) is 0 Å². The van der Waals surface area contributed by atoms with Gasteiger partial charge in [0, 0.05) is 13.1 Å². The Morgan fingerprint density at radius 3 is 2.87 bits per heavy atom. The first kappa shape index (κ1) is 9.84. The highest BCUT2D eigenvalue weighted by molar-refractivity contribution is 7.18. The number of hydrogen-bond acceptors (Lipinski definition) is 6. The normalized spacial score (nSPS) is 16.1. The number of aromatic nitrogens is 1. The van der Waals surface area contributed by atoms with E-state index in [4.69, 9.17) is 5.11 Å². The van der Waals surface area contributed by atoms with Gasteiger partial charge in [-0.1, -0.05) is 0 Å². The third-order valence-electron chi connectivity index (χ3n) is 2.16. The molecule has 7 nitrogen and oxygen atoms in total. The number of hydrogen-bond donors (Lipinski definition) is 1. The first-order chi connectivity index (χ1) is 7.08. The van der Waals surface area contributed by atoms with E-state index >= 15 is 0 Å². The van der Waals surface area contributed by atoms with Gasteiger partial charge in [0.1, 0.15) is 6.20 Å². The molecule has 8 heteroatoms. The highest BCUT2D eigenvalue weighted by atomic mass is 32.1. The van der Waals surface area contributed by atoms with Gasteiger partial charge >= 0.3 is 11.0 Å². The van der Waals surface area contributed by atoms with Crippen molar-refractivity contribution in [3.63, 3.8) is 0 Å². The van der Waals surface area contributed by atoms with Gasteiger partial charge in [0.05, 0.1) is 10.8 Å². The van der Waals surface area contributed by atoms with E-state index in [1.54, 1.807) is 4.90 Å². The van der Waals surface area contributed by atoms with Gasteiger partial charge in [-0.3, -0.25) is 14.9 Å². The summed E-state index contributed by atoms with van der Waals surface area (Å²) in [6.45, 7) is 0.750. The van der Waals surface area contributed by atoms with Crippen molar-refractivity contribution in [1.82, 2.24) is 4.98 Å². The van der Waals surface area contributed by atoms with Crippen LogP contribution in [0.3, 0.4) is 0 Å². The zero-order valence-corrected chi connectivity index (χ0v) is 8.31. The summed E-state index contributed by atoms with van der Waals surface area (Å²) >= 11 is 0.961. The molecule has 2 rings (SSSR count). The van der Waals surface area contributed by atoms with Gasteiger partial charge in [-0.15, -0.1) is 0 Å². The Morgan fingerprint density at radius 2 is 2.40 bits per heavy atom. The first-order valence-corrected chi connectivity index (χ1v) is 4.97. The van der Waals surface area contributed by atoms with E-state index in [1.165, 1.54) is 6.20 Å². The quantitative estimate of drug-likeness (QED) is 0.601. The Bertz CT molecular complexity index is 412. The molecule has 0 atom stereocenters. The number of nitrogens with zero attached hydrogens (tertiary/aromatic N) is 3. The van der Waals surface area contributed by atoms with Crippen molar-refractivity contribution < 1.29 is 14.8 Å². The number of aliphatic carboxylic acids is 1. The van der Waals surface area contributed by atoms with Crippen LogP contribution in [0.15, 0.2) is 6.20 Å². The van der Waals surface area contributed by atoms with Crippen molar-refractivity contribution in [2.45, 2.75) is 0 Å². The fourth-order valence-corrected chi connectivity index (χ4v) is 2.03. The van der Waals surface area contributed by atoms with Crippen LogP contribution in [-0.4, -0.2) is 34.1 Å². The molecule has 1 aromatic rings. The summed E-state index contributed by atoms with van der Waals surface area (Å²) in [4.78, 5) is 26.0. The minimum atomic E-state index is -0.836. The second-order valence-corrected chi connectivity index (χ2v) is 4.17. The molecule has 0 bridgehead atoms. The molecule has 0 saturated carbocycles. The summed E-state index contributed by atoms with van der Waals surface area (Å²) in [7, 11) is 0. The maximum Gasteiger partial charge on any atom is 0.345 e. The van der Waals surface area contributed by atoms with E-state index in [2.05, 4.69) is 4.98 Å². The molecule has 2 heterocycles. The smallest absolute Gasteiger partial charge is 0.345 e. The summed E-state index contributed by atoms with van der Waals surface area (Å²) in [6, 6.07) is 0. The van der Waals surface area contributed by atoms with Crippen LogP contribution in [0.1, 0.15) is 0 Å². The SMILES string of the molecule is O=C(O)C1CN(c2ncc([N+](=O)[O-])s2)C1. The average Bonchev–Trinajstić information content (AvgIpc) is 2.49. The third-order valence-corrected chi connectivity index (χ3v) is 3.17. The number of carboxylic acid groups (broad SMARTS) is 1. The molecule has 0 spiro atoms. The fourth-order valence-electron chi connectivity index (χ4n) is 1.28. The topological polar surface area (TPSA) is 96.6 Å². The van der Waals surface area contributed by atoms with Gasteiger partial charge in [0.2, 0.25) is 0 Å². The van der Waals surface area contributed by atoms with Crippen LogP contribution in [-0.2, 0) is 4.79 Å². The molecule has 0 aromatic carbocycles. The van der Waals surface area contributed by atoms with E-state index < -0.39 is 10.9 Å². The summed E-state index contributed by atoms with van der Waals surface area (Å²) in [5, 5.41) is 19.5. The standard InChI is InChI=1S/C7H7N3O4S/c11-6(12)4-2-9(3-4)7-8-1-5(15-7)10(13)14/h1,4H,2-3H2,(H,11,12). The van der Waals surface area contributed by atoms with Gasteiger partial charge in [-0.05, 0) is 11.3 Å². The molecule has 1 aromatic heterocycles. The summed E-state index contributed by atoms with van der Waals surface area (Å²) in [6.07, 6.45) is 1.19. The third kappa shape index (κ3) is 1.75. The molecule has 0 unspecified atom stereocenters. The van der Waals surface area contributed by atoms with Crippen molar-refractivity contribution in [1.29, 1.82) is 0 Å². The molecule has 0 amide bonds. The van der Waals surface area contributed by atoms with Gasteiger partial charge in [0.15, 0.2) is 5.13 Å². The zero-order valence-electron chi connectivity index (χ0n) is 7.49. The Labute approximate surface area is 88.1 Å². The summed E-state index contributed by atoms with van der Waals surface area (Å²) in [5.41, 5.74) is 0. The van der Waals surface area contributed by atoms with E-state index in [0.29, 0.717) is 18.2 Å². The number of nitro groups is 1. The lowest BCUT2D eigenvalue weighted by molar-refractivity contribution is -0.380. The number of rotatable bonds is 3. The molecule has 1 fully saturated rings. The van der Waals surface area contributed by atoms with Crippen LogP contribution >= 0.6 is 11.3 Å². The molecule has 0 radical (unpaired) electrons. The largest absolute Gasteiger partial charge is 0.481 e. The molecular weight excluding hydrogens is 222 g/mol. The number of carboxylic acids is 1. The maximum atomic E-state index is 10.5. The average molecular weight is 229 g/mol. The molecule has 1 aliphatic rings. The second kappa shape index (κ2) is 3.46. The van der Waals surface area contributed by atoms with Crippen molar-refractivity contribution in [2.24, 2.45) is 5.92 Å². The Kier molecular flexibility index (Phi) is 2.27. The highest BCUT2D eigenvalue weighted by Gasteiger charge is 2.34. The van der Waals surface area contributed by atoms with E-state index in [-0.39, 0.29) is 10.9 Å². The van der Waals surface area contributed by atoms with Crippen molar-refractivity contribution in [2.75, 3.05) is 18.0 Å². The van der Waals surface area contributed by atoms with Crippen LogP contribution in [0.2, 0.25) is 0 Å². The molecule has 15 heavy (non-hydrogen) atoms.